The Morgan fingerprint density at radius 1 is 1.42 bits per heavy atom. The number of hydrogen-bond donors (Lipinski definition) is 2. The molecule has 3 heterocycles. The summed E-state index contributed by atoms with van der Waals surface area (Å²) in [6.07, 6.45) is 3.30. The number of fused-ring (bicyclic) bond motifs is 1. The average molecular weight is 257 g/mol. The largest absolute Gasteiger partial charge is 0.366 e. The van der Waals surface area contributed by atoms with Crippen LogP contribution in [-0.4, -0.2) is 31.1 Å². The highest BCUT2D eigenvalue weighted by molar-refractivity contribution is 5.95. The average Bonchev–Trinajstić information content (AvgIpc) is 2.85. The zero-order valence-corrected chi connectivity index (χ0v) is 10.1. The van der Waals surface area contributed by atoms with E-state index in [0.717, 1.165) is 5.56 Å². The van der Waals surface area contributed by atoms with Crippen molar-refractivity contribution in [3.05, 3.63) is 41.4 Å². The first-order valence-electron chi connectivity index (χ1n) is 5.64. The maximum Gasteiger partial charge on any atom is 0.248 e. The number of pyridine rings is 1. The zero-order chi connectivity index (χ0) is 13.4. The van der Waals surface area contributed by atoms with Gasteiger partial charge in [-0.1, -0.05) is 5.10 Å². The van der Waals surface area contributed by atoms with Crippen LogP contribution < -0.4 is 11.1 Å². The molecule has 3 rings (SSSR count). The lowest BCUT2D eigenvalue weighted by molar-refractivity contribution is -0.115. The highest BCUT2D eigenvalue weighted by Gasteiger charge is 2.32. The molecule has 0 radical (unpaired) electrons. The van der Waals surface area contributed by atoms with Gasteiger partial charge in [0.1, 0.15) is 6.04 Å². The summed E-state index contributed by atoms with van der Waals surface area (Å²) in [5, 5.41) is 14.4. The number of amides is 1. The van der Waals surface area contributed by atoms with Gasteiger partial charge in [0.2, 0.25) is 11.9 Å². The summed E-state index contributed by atoms with van der Waals surface area (Å²) < 4.78 is 1.53. The number of hydrogen-bond acceptors (Lipinski definition) is 6. The Balaban J connectivity index is 2.21. The van der Waals surface area contributed by atoms with Crippen molar-refractivity contribution in [2.75, 3.05) is 5.32 Å². The molecule has 1 aliphatic heterocycles. The molecular weight excluding hydrogens is 246 g/mol. The van der Waals surface area contributed by atoms with Gasteiger partial charge in [0, 0.05) is 18.1 Å². The number of nitrogens with zero attached hydrogens (tertiary/aromatic N) is 5. The molecule has 2 aromatic heterocycles. The predicted molar refractivity (Wildman–Crippen MR) is 65.7 cm³/mol. The molecule has 8 heteroatoms. The van der Waals surface area contributed by atoms with Gasteiger partial charge in [-0.05, 0) is 35.0 Å². The second-order valence-corrected chi connectivity index (χ2v) is 4.16. The highest BCUT2D eigenvalue weighted by Crippen LogP contribution is 2.33. The van der Waals surface area contributed by atoms with E-state index in [9.17, 15) is 4.79 Å². The summed E-state index contributed by atoms with van der Waals surface area (Å²) in [7, 11) is 0. The molecule has 3 N–H and O–H groups in total. The molecule has 1 aliphatic rings. The molecule has 1 amide bonds. The van der Waals surface area contributed by atoms with E-state index in [0.29, 0.717) is 17.2 Å². The van der Waals surface area contributed by atoms with Crippen LogP contribution in [0.4, 0.5) is 5.95 Å². The minimum absolute atomic E-state index is 0.436. The van der Waals surface area contributed by atoms with Crippen molar-refractivity contribution in [3.8, 4) is 0 Å². The summed E-state index contributed by atoms with van der Waals surface area (Å²) in [5.74, 6) is -0.0303. The minimum Gasteiger partial charge on any atom is -0.366 e. The van der Waals surface area contributed by atoms with Gasteiger partial charge in [-0.2, -0.15) is 4.68 Å². The van der Waals surface area contributed by atoms with Crippen LogP contribution in [0.2, 0.25) is 0 Å². The molecule has 96 valence electrons. The Hall–Kier alpha value is -2.77. The highest BCUT2D eigenvalue weighted by atomic mass is 16.1. The number of carbonyl (C=O) groups is 1. The van der Waals surface area contributed by atoms with Crippen molar-refractivity contribution in [3.63, 3.8) is 0 Å². The second kappa shape index (κ2) is 4.16. The number of allylic oxidation sites excluding steroid dienone is 1. The quantitative estimate of drug-likeness (QED) is 0.773. The number of nitrogens with two attached hydrogens (primary N) is 1. The number of anilines is 1. The summed E-state index contributed by atoms with van der Waals surface area (Å²) in [6.45, 7) is 1.77. The number of rotatable bonds is 2. The van der Waals surface area contributed by atoms with E-state index in [1.807, 2.05) is 0 Å². The number of carbonyl (C=O) groups excluding carboxylic acids is 1. The Kier molecular flexibility index (Phi) is 2.48. The Morgan fingerprint density at radius 3 is 2.84 bits per heavy atom. The van der Waals surface area contributed by atoms with E-state index < -0.39 is 11.9 Å². The van der Waals surface area contributed by atoms with Crippen LogP contribution >= 0.6 is 0 Å². The lowest BCUT2D eigenvalue weighted by atomic mass is 9.96. The normalized spacial score (nSPS) is 17.8. The fourth-order valence-corrected chi connectivity index (χ4v) is 2.19. The van der Waals surface area contributed by atoms with E-state index in [-0.39, 0.29) is 0 Å². The SMILES string of the molecule is CC1=C(C(N)=O)[C@@H](c2ccncc2)n2nnnc2N1. The number of nitrogens with one attached hydrogen (secondary N) is 1. The molecule has 19 heavy (non-hydrogen) atoms. The first-order valence-corrected chi connectivity index (χ1v) is 5.64. The van der Waals surface area contributed by atoms with Crippen LogP contribution in [0.3, 0.4) is 0 Å². The van der Waals surface area contributed by atoms with Crippen molar-refractivity contribution < 1.29 is 4.79 Å². The smallest absolute Gasteiger partial charge is 0.248 e. The molecule has 0 bridgehead atoms. The Bertz CT molecular complexity index is 661. The summed E-state index contributed by atoms with van der Waals surface area (Å²) in [4.78, 5) is 15.7. The van der Waals surface area contributed by atoms with Gasteiger partial charge in [0.05, 0.1) is 5.57 Å². The van der Waals surface area contributed by atoms with Gasteiger partial charge in [0.15, 0.2) is 0 Å². The lowest BCUT2D eigenvalue weighted by Crippen LogP contribution is -2.31. The van der Waals surface area contributed by atoms with Gasteiger partial charge in [-0.25, -0.2) is 0 Å². The fraction of sp³-hybridized carbons (Fsp3) is 0.182. The molecule has 0 saturated heterocycles. The molecule has 2 aromatic rings. The van der Waals surface area contributed by atoms with Gasteiger partial charge >= 0.3 is 0 Å². The number of aromatic nitrogens is 5. The van der Waals surface area contributed by atoms with Gasteiger partial charge in [-0.3, -0.25) is 9.78 Å². The minimum atomic E-state index is -0.507. The van der Waals surface area contributed by atoms with Crippen molar-refractivity contribution in [2.45, 2.75) is 13.0 Å². The number of tetrazole rings is 1. The Labute approximate surface area is 108 Å². The Morgan fingerprint density at radius 2 is 2.16 bits per heavy atom. The van der Waals surface area contributed by atoms with Crippen LogP contribution in [-0.2, 0) is 4.79 Å². The lowest BCUT2D eigenvalue weighted by Gasteiger charge is -2.26. The fourth-order valence-electron chi connectivity index (χ4n) is 2.19. The molecule has 0 fully saturated rings. The molecule has 1 atom stereocenters. The van der Waals surface area contributed by atoms with Crippen molar-refractivity contribution in [2.24, 2.45) is 5.73 Å². The summed E-state index contributed by atoms with van der Waals surface area (Å²) >= 11 is 0. The first-order chi connectivity index (χ1) is 9.18. The topological polar surface area (TPSA) is 112 Å². The molecule has 0 aromatic carbocycles. The zero-order valence-electron chi connectivity index (χ0n) is 10.1. The van der Waals surface area contributed by atoms with E-state index in [1.165, 1.54) is 4.68 Å². The van der Waals surface area contributed by atoms with Crippen LogP contribution in [0.5, 0.6) is 0 Å². The van der Waals surface area contributed by atoms with E-state index >= 15 is 0 Å². The molecule has 8 nitrogen and oxygen atoms in total. The number of primary amides is 1. The third-order valence-corrected chi connectivity index (χ3v) is 3.00. The summed E-state index contributed by atoms with van der Waals surface area (Å²) in [5.41, 5.74) is 7.41. The van der Waals surface area contributed by atoms with E-state index in [2.05, 4.69) is 25.8 Å². The second-order valence-electron chi connectivity index (χ2n) is 4.16. The van der Waals surface area contributed by atoms with Gasteiger partial charge in [-0.15, -0.1) is 0 Å². The van der Waals surface area contributed by atoms with Gasteiger partial charge in [0.25, 0.3) is 0 Å². The molecule has 0 aliphatic carbocycles. The van der Waals surface area contributed by atoms with Crippen LogP contribution in [0.15, 0.2) is 35.8 Å². The van der Waals surface area contributed by atoms with Crippen molar-refractivity contribution in [1.29, 1.82) is 0 Å². The molecule has 0 saturated carbocycles. The van der Waals surface area contributed by atoms with Crippen LogP contribution in [0.25, 0.3) is 0 Å². The molecular formula is C11H11N7O. The van der Waals surface area contributed by atoms with Crippen LogP contribution in [0.1, 0.15) is 18.5 Å². The maximum atomic E-state index is 11.7. The third-order valence-electron chi connectivity index (χ3n) is 3.00. The van der Waals surface area contributed by atoms with Gasteiger partial charge < -0.3 is 11.1 Å². The first kappa shape index (κ1) is 11.3. The monoisotopic (exact) mass is 257 g/mol. The van der Waals surface area contributed by atoms with Crippen molar-refractivity contribution >= 4 is 11.9 Å². The molecule has 0 unspecified atom stereocenters. The maximum absolute atomic E-state index is 11.7. The van der Waals surface area contributed by atoms with Crippen LogP contribution in [0, 0.1) is 0 Å². The van der Waals surface area contributed by atoms with Crippen molar-refractivity contribution in [1.82, 2.24) is 25.2 Å². The predicted octanol–water partition coefficient (Wildman–Crippen LogP) is -0.158. The summed E-state index contributed by atoms with van der Waals surface area (Å²) in [6, 6.07) is 3.17. The molecule has 0 spiro atoms. The van der Waals surface area contributed by atoms with E-state index in [4.69, 9.17) is 5.73 Å². The van der Waals surface area contributed by atoms with E-state index in [1.54, 1.807) is 31.5 Å². The standard InChI is InChI=1S/C11H11N7O/c1-6-8(10(12)19)9(7-2-4-13-5-3-7)18-11(14-6)15-16-17-18/h2-5,9H,1H3,(H2,12,19)(H,14,15,17)/t9-/m1/s1. The third kappa shape index (κ3) is 1.73.